The molecule has 0 aliphatic carbocycles. The lowest BCUT2D eigenvalue weighted by Gasteiger charge is -2.23. The number of phenols is 1. The molecule has 0 saturated heterocycles. The Hall–Kier alpha value is -1.00. The van der Waals surface area contributed by atoms with Gasteiger partial charge in [0.1, 0.15) is 11.6 Å². The standard InChI is InChI=1S/C15H22FNOS/c1-6-7-11-8-12(16)9-13(14(11)18)10(2)17-19-15(3,4)5/h6,8-10,17-18H,1,7H2,2-5H3/t10-/m1/s1. The molecule has 0 spiro atoms. The van der Waals surface area contributed by atoms with Crippen LogP contribution in [0, 0.1) is 5.82 Å². The first-order chi connectivity index (χ1) is 8.74. The molecule has 0 saturated carbocycles. The summed E-state index contributed by atoms with van der Waals surface area (Å²) < 4.78 is 16.9. The molecule has 0 amide bonds. The summed E-state index contributed by atoms with van der Waals surface area (Å²) in [7, 11) is 0. The Bertz CT molecular complexity index is 454. The summed E-state index contributed by atoms with van der Waals surface area (Å²) in [5.74, 6) is -0.185. The summed E-state index contributed by atoms with van der Waals surface area (Å²) in [5, 5.41) is 10.2. The number of rotatable bonds is 5. The van der Waals surface area contributed by atoms with Crippen LogP contribution in [-0.2, 0) is 6.42 Å². The zero-order valence-electron chi connectivity index (χ0n) is 12.0. The van der Waals surface area contributed by atoms with Crippen molar-refractivity contribution in [3.63, 3.8) is 0 Å². The second-order valence-corrected chi connectivity index (χ2v) is 7.21. The number of nitrogens with one attached hydrogen (secondary N) is 1. The summed E-state index contributed by atoms with van der Waals surface area (Å²) in [6, 6.07) is 2.59. The maximum absolute atomic E-state index is 13.6. The van der Waals surface area contributed by atoms with Gasteiger partial charge < -0.3 is 5.11 Å². The van der Waals surface area contributed by atoms with Crippen LogP contribution in [0.5, 0.6) is 5.75 Å². The number of allylic oxidation sites excluding steroid dienone is 1. The van der Waals surface area contributed by atoms with Gasteiger partial charge in [-0.25, -0.2) is 4.39 Å². The molecule has 2 nitrogen and oxygen atoms in total. The third kappa shape index (κ3) is 4.88. The van der Waals surface area contributed by atoms with Crippen molar-refractivity contribution >= 4 is 11.9 Å². The van der Waals surface area contributed by atoms with E-state index in [4.69, 9.17) is 0 Å². The van der Waals surface area contributed by atoms with E-state index in [1.165, 1.54) is 12.1 Å². The molecule has 106 valence electrons. The molecule has 0 aliphatic rings. The quantitative estimate of drug-likeness (QED) is 0.622. The minimum atomic E-state index is -0.334. The van der Waals surface area contributed by atoms with Crippen LogP contribution in [0.2, 0.25) is 0 Å². The first kappa shape index (κ1) is 16.1. The van der Waals surface area contributed by atoms with Gasteiger partial charge in [0.15, 0.2) is 0 Å². The third-order valence-electron chi connectivity index (χ3n) is 2.56. The maximum atomic E-state index is 13.6. The molecular weight excluding hydrogens is 261 g/mol. The van der Waals surface area contributed by atoms with Crippen LogP contribution in [0.4, 0.5) is 4.39 Å². The molecule has 0 fully saturated rings. The van der Waals surface area contributed by atoms with Gasteiger partial charge in [-0.2, -0.15) is 0 Å². The predicted octanol–water partition coefficient (Wildman–Crippen LogP) is 4.36. The van der Waals surface area contributed by atoms with Crippen molar-refractivity contribution in [2.24, 2.45) is 0 Å². The van der Waals surface area contributed by atoms with Crippen LogP contribution in [0.25, 0.3) is 0 Å². The van der Waals surface area contributed by atoms with Gasteiger partial charge in [-0.3, -0.25) is 4.72 Å². The van der Waals surface area contributed by atoms with Crippen molar-refractivity contribution in [3.8, 4) is 5.75 Å². The predicted molar refractivity (Wildman–Crippen MR) is 80.9 cm³/mol. The Labute approximate surface area is 119 Å². The molecule has 4 heteroatoms. The zero-order chi connectivity index (χ0) is 14.6. The van der Waals surface area contributed by atoms with Crippen LogP contribution in [0.3, 0.4) is 0 Å². The highest BCUT2D eigenvalue weighted by Gasteiger charge is 2.18. The van der Waals surface area contributed by atoms with Gasteiger partial charge in [-0.1, -0.05) is 18.0 Å². The van der Waals surface area contributed by atoms with Crippen LogP contribution in [-0.4, -0.2) is 9.85 Å². The number of benzene rings is 1. The fraction of sp³-hybridized carbons (Fsp3) is 0.467. The summed E-state index contributed by atoms with van der Waals surface area (Å²) in [5.41, 5.74) is 1.15. The highest BCUT2D eigenvalue weighted by atomic mass is 32.2. The number of hydrogen-bond acceptors (Lipinski definition) is 3. The van der Waals surface area contributed by atoms with E-state index in [9.17, 15) is 9.50 Å². The molecule has 1 atom stereocenters. The molecule has 0 aromatic heterocycles. The van der Waals surface area contributed by atoms with Crippen molar-refractivity contribution in [1.29, 1.82) is 0 Å². The molecule has 0 aliphatic heterocycles. The van der Waals surface area contributed by atoms with Crippen LogP contribution >= 0.6 is 11.9 Å². The van der Waals surface area contributed by atoms with Crippen molar-refractivity contribution in [3.05, 3.63) is 41.7 Å². The van der Waals surface area contributed by atoms with Gasteiger partial charge in [0.25, 0.3) is 0 Å². The first-order valence-corrected chi connectivity index (χ1v) is 7.12. The van der Waals surface area contributed by atoms with Gasteiger partial charge in [0.05, 0.1) is 0 Å². The normalized spacial score (nSPS) is 13.3. The minimum absolute atomic E-state index is 0.0567. The molecule has 2 N–H and O–H groups in total. The van der Waals surface area contributed by atoms with Gasteiger partial charge in [-0.05, 0) is 46.2 Å². The number of hydrogen-bond donors (Lipinski definition) is 2. The van der Waals surface area contributed by atoms with Gasteiger partial charge in [-0.15, -0.1) is 6.58 Å². The van der Waals surface area contributed by atoms with E-state index in [1.807, 2.05) is 6.92 Å². The summed E-state index contributed by atoms with van der Waals surface area (Å²) in [6.07, 6.45) is 2.11. The monoisotopic (exact) mass is 283 g/mol. The highest BCUT2D eigenvalue weighted by molar-refractivity contribution is 7.98. The fourth-order valence-electron chi connectivity index (χ4n) is 1.65. The molecule has 0 heterocycles. The van der Waals surface area contributed by atoms with Crippen molar-refractivity contribution < 1.29 is 9.50 Å². The third-order valence-corrected chi connectivity index (χ3v) is 3.64. The maximum Gasteiger partial charge on any atom is 0.124 e. The Morgan fingerprint density at radius 3 is 2.63 bits per heavy atom. The summed E-state index contributed by atoms with van der Waals surface area (Å²) in [4.78, 5) is 0. The average Bonchev–Trinajstić information content (AvgIpc) is 2.29. The average molecular weight is 283 g/mol. The summed E-state index contributed by atoms with van der Waals surface area (Å²) in [6.45, 7) is 11.8. The van der Waals surface area contributed by atoms with Crippen molar-refractivity contribution in [2.45, 2.75) is 44.9 Å². The van der Waals surface area contributed by atoms with Crippen LogP contribution < -0.4 is 4.72 Å². The Kier molecular flexibility index (Phi) is 5.44. The smallest absolute Gasteiger partial charge is 0.124 e. The molecule has 1 rings (SSSR count). The van der Waals surface area contributed by atoms with Gasteiger partial charge in [0.2, 0.25) is 0 Å². The lowest BCUT2D eigenvalue weighted by Crippen LogP contribution is -2.20. The van der Waals surface area contributed by atoms with E-state index >= 15 is 0 Å². The SMILES string of the molecule is C=CCc1cc(F)cc([C@@H](C)NSC(C)(C)C)c1O. The number of aromatic hydroxyl groups is 1. The molecule has 1 aromatic rings. The lowest BCUT2D eigenvalue weighted by atomic mass is 10.0. The Morgan fingerprint density at radius 1 is 1.47 bits per heavy atom. The lowest BCUT2D eigenvalue weighted by molar-refractivity contribution is 0.453. The van der Waals surface area contributed by atoms with E-state index in [1.54, 1.807) is 18.0 Å². The molecular formula is C15H22FNOS. The van der Waals surface area contributed by atoms with E-state index in [0.29, 0.717) is 17.5 Å². The molecule has 19 heavy (non-hydrogen) atoms. The molecule has 0 unspecified atom stereocenters. The second-order valence-electron chi connectivity index (χ2n) is 5.55. The molecule has 0 radical (unpaired) electrons. The van der Waals surface area contributed by atoms with Crippen molar-refractivity contribution in [2.75, 3.05) is 0 Å². The van der Waals surface area contributed by atoms with Gasteiger partial charge >= 0.3 is 0 Å². The Morgan fingerprint density at radius 2 is 2.11 bits per heavy atom. The summed E-state index contributed by atoms with van der Waals surface area (Å²) >= 11 is 1.57. The zero-order valence-corrected chi connectivity index (χ0v) is 12.8. The largest absolute Gasteiger partial charge is 0.507 e. The minimum Gasteiger partial charge on any atom is -0.507 e. The topological polar surface area (TPSA) is 32.3 Å². The molecule has 0 bridgehead atoms. The van der Waals surface area contributed by atoms with E-state index in [0.717, 1.165) is 0 Å². The Balaban J connectivity index is 2.95. The van der Waals surface area contributed by atoms with Gasteiger partial charge in [0, 0.05) is 21.9 Å². The van der Waals surface area contributed by atoms with Crippen LogP contribution in [0.1, 0.15) is 44.9 Å². The van der Waals surface area contributed by atoms with E-state index in [-0.39, 0.29) is 22.4 Å². The van der Waals surface area contributed by atoms with Crippen molar-refractivity contribution in [1.82, 2.24) is 4.72 Å². The number of halogens is 1. The van der Waals surface area contributed by atoms with E-state index in [2.05, 4.69) is 32.1 Å². The van der Waals surface area contributed by atoms with Crippen LogP contribution in [0.15, 0.2) is 24.8 Å². The first-order valence-electron chi connectivity index (χ1n) is 6.30. The second kappa shape index (κ2) is 6.44. The molecule has 1 aromatic carbocycles. The fourth-order valence-corrected chi connectivity index (χ4v) is 2.31. The van der Waals surface area contributed by atoms with E-state index < -0.39 is 0 Å². The highest BCUT2D eigenvalue weighted by Crippen LogP contribution is 2.32. The number of phenolic OH excluding ortho intramolecular Hbond substituents is 1.